The van der Waals surface area contributed by atoms with Gasteiger partial charge in [-0.1, -0.05) is 78.1 Å². The minimum absolute atomic E-state index is 0.294. The van der Waals surface area contributed by atoms with E-state index < -0.39 is 17.8 Å². The van der Waals surface area contributed by atoms with Crippen LogP contribution in [0.3, 0.4) is 0 Å². The number of unbranched alkanes of at least 4 members (excludes halogenated alkanes) is 6. The maximum Gasteiger partial charge on any atom is 0.309 e. The monoisotopic (exact) mass is 354 g/mol. The standard InChI is InChI=1S/C21H38O4/c1-3-17(2)13-9-7-5-4-6-8-12-16-25-21(24)19-15-11-10-14-18(19)20(22)23/h17-19H,3-16H2,1-2H3,(H,22,23). The van der Waals surface area contributed by atoms with Crippen LogP contribution in [0.15, 0.2) is 0 Å². The van der Waals surface area contributed by atoms with Crippen LogP contribution in [0, 0.1) is 17.8 Å². The van der Waals surface area contributed by atoms with E-state index in [2.05, 4.69) is 13.8 Å². The van der Waals surface area contributed by atoms with Crippen molar-refractivity contribution >= 4 is 11.9 Å². The van der Waals surface area contributed by atoms with Crippen molar-refractivity contribution < 1.29 is 19.4 Å². The van der Waals surface area contributed by atoms with Gasteiger partial charge in [-0.25, -0.2) is 0 Å². The smallest absolute Gasteiger partial charge is 0.309 e. The van der Waals surface area contributed by atoms with Crippen LogP contribution in [-0.4, -0.2) is 23.7 Å². The number of rotatable bonds is 13. The number of carbonyl (C=O) groups is 2. The fourth-order valence-corrected chi connectivity index (χ4v) is 3.67. The van der Waals surface area contributed by atoms with Crippen molar-refractivity contribution in [2.45, 2.75) is 97.3 Å². The van der Waals surface area contributed by atoms with Gasteiger partial charge in [0.15, 0.2) is 0 Å². The second-order valence-electron chi connectivity index (χ2n) is 7.78. The molecular formula is C21H38O4. The molecule has 1 aliphatic carbocycles. The van der Waals surface area contributed by atoms with Crippen LogP contribution in [0.1, 0.15) is 97.3 Å². The van der Waals surface area contributed by atoms with Gasteiger partial charge in [0.2, 0.25) is 0 Å². The van der Waals surface area contributed by atoms with Gasteiger partial charge in [-0.05, 0) is 25.2 Å². The predicted molar refractivity (Wildman–Crippen MR) is 100 cm³/mol. The predicted octanol–water partition coefficient (Wildman–Crippen LogP) is 5.59. The number of hydrogen-bond donors (Lipinski definition) is 1. The average Bonchev–Trinajstić information content (AvgIpc) is 2.62. The molecule has 0 amide bonds. The molecule has 0 radical (unpaired) electrons. The van der Waals surface area contributed by atoms with Gasteiger partial charge >= 0.3 is 11.9 Å². The number of esters is 1. The van der Waals surface area contributed by atoms with E-state index in [4.69, 9.17) is 4.74 Å². The van der Waals surface area contributed by atoms with Crippen molar-refractivity contribution in [1.82, 2.24) is 0 Å². The molecule has 1 aliphatic rings. The lowest BCUT2D eigenvalue weighted by Crippen LogP contribution is -2.33. The third kappa shape index (κ3) is 9.27. The molecular weight excluding hydrogens is 316 g/mol. The molecule has 25 heavy (non-hydrogen) atoms. The lowest BCUT2D eigenvalue weighted by Gasteiger charge is -2.26. The molecule has 1 saturated carbocycles. The number of carbonyl (C=O) groups excluding carboxylic acids is 1. The van der Waals surface area contributed by atoms with Crippen molar-refractivity contribution in [2.75, 3.05) is 6.61 Å². The number of ether oxygens (including phenoxy) is 1. The fraction of sp³-hybridized carbons (Fsp3) is 0.905. The van der Waals surface area contributed by atoms with Crippen LogP contribution < -0.4 is 0 Å². The largest absolute Gasteiger partial charge is 0.481 e. The van der Waals surface area contributed by atoms with Crippen LogP contribution >= 0.6 is 0 Å². The van der Waals surface area contributed by atoms with Gasteiger partial charge in [0.05, 0.1) is 18.4 Å². The molecule has 4 heteroatoms. The highest BCUT2D eigenvalue weighted by molar-refractivity contribution is 5.81. The second-order valence-corrected chi connectivity index (χ2v) is 7.78. The van der Waals surface area contributed by atoms with E-state index in [1.165, 1.54) is 44.9 Å². The minimum atomic E-state index is -0.852. The first-order valence-corrected chi connectivity index (χ1v) is 10.5. The number of carboxylic acids is 1. The van der Waals surface area contributed by atoms with E-state index in [9.17, 15) is 14.7 Å². The number of aliphatic carboxylic acids is 1. The van der Waals surface area contributed by atoms with E-state index >= 15 is 0 Å². The molecule has 0 aliphatic heterocycles. The normalized spacial score (nSPS) is 21.7. The first-order valence-electron chi connectivity index (χ1n) is 10.5. The van der Waals surface area contributed by atoms with E-state index in [1.54, 1.807) is 0 Å². The van der Waals surface area contributed by atoms with Gasteiger partial charge in [-0.3, -0.25) is 9.59 Å². The van der Waals surface area contributed by atoms with Gasteiger partial charge in [0.1, 0.15) is 0 Å². The molecule has 4 nitrogen and oxygen atoms in total. The molecule has 0 aromatic rings. The summed E-state index contributed by atoms with van der Waals surface area (Å²) in [5.41, 5.74) is 0. The summed E-state index contributed by atoms with van der Waals surface area (Å²) in [6.45, 7) is 5.02. The Kier molecular flexibility index (Phi) is 11.6. The Morgan fingerprint density at radius 1 is 0.960 bits per heavy atom. The van der Waals surface area contributed by atoms with Crippen molar-refractivity contribution in [3.05, 3.63) is 0 Å². The van der Waals surface area contributed by atoms with Crippen LogP contribution in [0.25, 0.3) is 0 Å². The fourth-order valence-electron chi connectivity index (χ4n) is 3.67. The first-order chi connectivity index (χ1) is 12.1. The molecule has 1 rings (SSSR count). The van der Waals surface area contributed by atoms with E-state index in [-0.39, 0.29) is 5.97 Å². The zero-order valence-corrected chi connectivity index (χ0v) is 16.3. The van der Waals surface area contributed by atoms with Gasteiger partial charge in [0.25, 0.3) is 0 Å². The molecule has 1 N–H and O–H groups in total. The van der Waals surface area contributed by atoms with Gasteiger partial charge in [-0.2, -0.15) is 0 Å². The lowest BCUT2D eigenvalue weighted by atomic mass is 9.79. The van der Waals surface area contributed by atoms with Crippen LogP contribution in [0.2, 0.25) is 0 Å². The molecule has 0 aromatic carbocycles. The average molecular weight is 355 g/mol. The summed E-state index contributed by atoms with van der Waals surface area (Å²) in [4.78, 5) is 23.4. The van der Waals surface area contributed by atoms with Gasteiger partial charge < -0.3 is 9.84 Å². The van der Waals surface area contributed by atoms with Crippen molar-refractivity contribution in [1.29, 1.82) is 0 Å². The number of hydrogen-bond acceptors (Lipinski definition) is 3. The zero-order chi connectivity index (χ0) is 18.5. The lowest BCUT2D eigenvalue weighted by molar-refractivity contribution is -0.159. The SMILES string of the molecule is CCC(C)CCCCCCCCCOC(=O)C1CCCCC1C(=O)O. The highest BCUT2D eigenvalue weighted by atomic mass is 16.5. The quantitative estimate of drug-likeness (QED) is 0.346. The first kappa shape index (κ1) is 22.0. The maximum absolute atomic E-state index is 12.1. The molecule has 0 heterocycles. The summed E-state index contributed by atoms with van der Waals surface area (Å²) in [6.07, 6.45) is 14.2. The second kappa shape index (κ2) is 13.2. The zero-order valence-electron chi connectivity index (χ0n) is 16.3. The molecule has 3 unspecified atom stereocenters. The summed E-state index contributed by atoms with van der Waals surface area (Å²) in [5, 5.41) is 9.22. The Hall–Kier alpha value is -1.06. The molecule has 0 bridgehead atoms. The molecule has 0 aromatic heterocycles. The highest BCUT2D eigenvalue weighted by Crippen LogP contribution is 2.31. The van der Waals surface area contributed by atoms with E-state index in [1.807, 2.05) is 0 Å². The Bertz CT molecular complexity index is 380. The molecule has 1 fully saturated rings. The third-order valence-electron chi connectivity index (χ3n) is 5.67. The third-order valence-corrected chi connectivity index (χ3v) is 5.67. The summed E-state index contributed by atoms with van der Waals surface area (Å²) < 4.78 is 5.34. The summed E-state index contributed by atoms with van der Waals surface area (Å²) in [5.74, 6) is -1.26. The highest BCUT2D eigenvalue weighted by Gasteiger charge is 2.36. The topological polar surface area (TPSA) is 63.6 Å². The summed E-state index contributed by atoms with van der Waals surface area (Å²) in [6, 6.07) is 0. The summed E-state index contributed by atoms with van der Waals surface area (Å²) in [7, 11) is 0. The molecule has 0 saturated heterocycles. The molecule has 3 atom stereocenters. The summed E-state index contributed by atoms with van der Waals surface area (Å²) >= 11 is 0. The Morgan fingerprint density at radius 3 is 2.12 bits per heavy atom. The molecule has 0 spiro atoms. The maximum atomic E-state index is 12.1. The minimum Gasteiger partial charge on any atom is -0.481 e. The van der Waals surface area contributed by atoms with Crippen LogP contribution in [-0.2, 0) is 14.3 Å². The Balaban J connectivity index is 2.00. The van der Waals surface area contributed by atoms with Crippen molar-refractivity contribution in [2.24, 2.45) is 17.8 Å². The van der Waals surface area contributed by atoms with Crippen molar-refractivity contribution in [3.8, 4) is 0 Å². The van der Waals surface area contributed by atoms with E-state index in [0.29, 0.717) is 19.4 Å². The van der Waals surface area contributed by atoms with Gasteiger partial charge in [0, 0.05) is 0 Å². The van der Waals surface area contributed by atoms with E-state index in [0.717, 1.165) is 31.6 Å². The van der Waals surface area contributed by atoms with Crippen molar-refractivity contribution in [3.63, 3.8) is 0 Å². The Morgan fingerprint density at radius 2 is 1.52 bits per heavy atom. The van der Waals surface area contributed by atoms with Crippen LogP contribution in [0.4, 0.5) is 0 Å². The van der Waals surface area contributed by atoms with Gasteiger partial charge in [-0.15, -0.1) is 0 Å². The molecule has 146 valence electrons. The Labute approximate surface area is 153 Å². The van der Waals surface area contributed by atoms with Crippen LogP contribution in [0.5, 0.6) is 0 Å². The number of carboxylic acid groups (broad SMARTS) is 1.